The third kappa shape index (κ3) is 49.9. The van der Waals surface area contributed by atoms with Gasteiger partial charge in [-0.05, 0) is 125 Å². The second-order valence-electron chi connectivity index (χ2n) is 39.1. The zero-order chi connectivity index (χ0) is 113. The number of esters is 2. The summed E-state index contributed by atoms with van der Waals surface area (Å²) in [6.45, 7) is 29.3. The van der Waals surface area contributed by atoms with Gasteiger partial charge in [-0.15, -0.1) is 22.7 Å². The fourth-order valence-electron chi connectivity index (χ4n) is 15.9. The van der Waals surface area contributed by atoms with Crippen LogP contribution in [-0.2, 0) is 123 Å². The van der Waals surface area contributed by atoms with Gasteiger partial charge in [0.2, 0.25) is 46.9 Å². The number of carboxylic acid groups (broad SMARTS) is 3. The van der Waals surface area contributed by atoms with E-state index in [0.29, 0.717) is 68.1 Å². The average molecular weight is 2140 g/mol. The molecule has 832 valence electrons. The summed E-state index contributed by atoms with van der Waals surface area (Å²) in [6.07, 6.45) is 1.48. The minimum atomic E-state index is -1.30. The fourth-order valence-corrected chi connectivity index (χ4v) is 17.5. The van der Waals surface area contributed by atoms with Gasteiger partial charge in [-0.3, -0.25) is 86.3 Å². The standard InChI is InChI=1S/C57H85N5O15S.C52H75N5O14S/c1-11-39(4)46(35-50(67)57(7,8)62(10)52(69)24-30-75-28-16-20-45(66)22-21-44(65)19-15-27-74-29-23-51(68)58-25-31-76-32-26-63)55(71)61(9)48(38(2)3)36-49(77-41(6)64)54-60-47(37-78-54)53(70)59-43(33-40(5)56(72)73)34-42-17-13-12-14-18-42;1-11-34(4)40(30-44(60)52(7,8)57(10)46(62)21-25-69-24-15-18-39(59)19-20-45(61)53-23-27-70-26-22-47(63)64)50(66)56(9)42(33(2)3)31-43(71-36(6)58)49-55-41(32-72-49)48(65)54-38(28-35(5)51(67)68)29-37-16-13-12-14-17-37/h12-14,17-18,37-40,43,46,48-49,63H,11,15-16,19-20,23-36H2,1-10H3,(H,58,68)(H,59,70)(H,72,73);12-14,16-17,32-35,38,40,42-43H,11,15,18,21-31H2,1-10H3,(H,53,61)(H,54,65)(H,63,64)(H,67,68)/t39-,40?,43+,46-,48+,49+;34-,35?,38+,40-,42+,43+/m00/s1. The number of hydrogen-bond donors (Lipinski definition) is 8. The molecule has 4 rings (SSSR count). The summed E-state index contributed by atoms with van der Waals surface area (Å²) in [6, 6.07) is 16.8. The normalized spacial score (nSPS) is 13.7. The predicted molar refractivity (Wildman–Crippen MR) is 561 cm³/mol. The van der Waals surface area contributed by atoms with Gasteiger partial charge in [0.25, 0.3) is 17.7 Å². The van der Waals surface area contributed by atoms with Crippen LogP contribution < -0.4 is 21.3 Å². The van der Waals surface area contributed by atoms with Crippen LogP contribution in [0.2, 0.25) is 0 Å². The number of thiazole rings is 2. The number of aliphatic carboxylic acids is 3. The van der Waals surface area contributed by atoms with Crippen molar-refractivity contribution in [3.05, 3.63) is 104 Å². The van der Waals surface area contributed by atoms with Crippen molar-refractivity contribution in [2.75, 3.05) is 114 Å². The molecule has 0 aliphatic rings. The molecule has 39 nitrogen and oxygen atoms in total. The lowest BCUT2D eigenvalue weighted by Crippen LogP contribution is -2.53. The lowest BCUT2D eigenvalue weighted by atomic mass is 9.81. The number of ether oxygens (including phenoxy) is 7. The first-order valence-corrected chi connectivity index (χ1v) is 53.0. The Labute approximate surface area is 890 Å². The minimum absolute atomic E-state index is 0.0107. The number of nitrogens with one attached hydrogen (secondary N) is 4. The van der Waals surface area contributed by atoms with Crippen molar-refractivity contribution in [1.29, 1.82) is 0 Å². The summed E-state index contributed by atoms with van der Waals surface area (Å²) >= 11 is 2.25. The summed E-state index contributed by atoms with van der Waals surface area (Å²) in [5, 5.41) is 51.3. The van der Waals surface area contributed by atoms with Gasteiger partial charge < -0.3 is 94.5 Å². The number of carbonyl (C=O) groups excluding carboxylic acids is 15. The van der Waals surface area contributed by atoms with Gasteiger partial charge >= 0.3 is 29.8 Å². The molecule has 0 saturated heterocycles. The largest absolute Gasteiger partial charge is 0.481 e. The quantitative estimate of drug-likeness (QED) is 0.00881. The van der Waals surface area contributed by atoms with Gasteiger partial charge in [-0.1, -0.05) is 143 Å². The number of carbonyl (C=O) groups is 18. The maximum atomic E-state index is 14.6. The summed E-state index contributed by atoms with van der Waals surface area (Å²) in [5.41, 5.74) is -0.602. The van der Waals surface area contributed by atoms with Crippen molar-refractivity contribution >= 4 is 129 Å². The second-order valence-corrected chi connectivity index (χ2v) is 40.9. The highest BCUT2D eigenvalue weighted by atomic mass is 32.1. The highest BCUT2D eigenvalue weighted by Gasteiger charge is 2.44. The lowest BCUT2D eigenvalue weighted by molar-refractivity contribution is -0.151. The number of Topliss-reactive ketones (excluding diaryl/α,β-unsaturated/α-hetero) is 5. The van der Waals surface area contributed by atoms with Crippen LogP contribution in [0.25, 0.3) is 0 Å². The van der Waals surface area contributed by atoms with Crippen molar-refractivity contribution in [2.24, 2.45) is 47.3 Å². The molecule has 8 N–H and O–H groups in total. The molecule has 0 saturated carbocycles. The van der Waals surface area contributed by atoms with Gasteiger partial charge in [-0.25, -0.2) is 9.97 Å². The monoisotopic (exact) mass is 2140 g/mol. The van der Waals surface area contributed by atoms with E-state index in [1.54, 1.807) is 76.2 Å². The van der Waals surface area contributed by atoms with E-state index >= 15 is 0 Å². The third-order valence-electron chi connectivity index (χ3n) is 26.1. The molecule has 0 spiro atoms. The zero-order valence-electron chi connectivity index (χ0n) is 90.8. The van der Waals surface area contributed by atoms with Crippen LogP contribution in [0.15, 0.2) is 71.4 Å². The number of benzene rings is 2. The van der Waals surface area contributed by atoms with Crippen LogP contribution >= 0.6 is 22.7 Å². The number of amides is 8. The smallest absolute Gasteiger partial charge is 0.306 e. The average Bonchev–Trinajstić information content (AvgIpc) is 1.71. The number of nitrogens with zero attached hydrogens (tertiary/aromatic N) is 6. The third-order valence-corrected chi connectivity index (χ3v) is 28.0. The number of aliphatic hydroxyl groups is 1. The van der Waals surface area contributed by atoms with Crippen molar-refractivity contribution in [3.63, 3.8) is 0 Å². The molecule has 41 heteroatoms. The molecule has 150 heavy (non-hydrogen) atoms. The molecule has 8 amide bonds. The Morgan fingerprint density at radius 3 is 1.13 bits per heavy atom. The van der Waals surface area contributed by atoms with Crippen LogP contribution in [0.3, 0.4) is 0 Å². The van der Waals surface area contributed by atoms with E-state index in [9.17, 15) is 96.5 Å². The van der Waals surface area contributed by atoms with Crippen LogP contribution in [0.4, 0.5) is 0 Å². The molecular formula is C109H160N10O29S2. The van der Waals surface area contributed by atoms with E-state index in [4.69, 9.17) is 43.4 Å². The summed E-state index contributed by atoms with van der Waals surface area (Å²) in [7, 11) is 6.36. The van der Waals surface area contributed by atoms with Crippen molar-refractivity contribution in [3.8, 4) is 23.7 Å². The van der Waals surface area contributed by atoms with Gasteiger partial charge in [0.05, 0.1) is 95.0 Å². The Morgan fingerprint density at radius 1 is 0.433 bits per heavy atom. The first-order valence-electron chi connectivity index (χ1n) is 51.2. The number of likely N-dealkylation sites (N-methyl/N-ethyl adjacent to an activating group) is 2. The Morgan fingerprint density at radius 2 is 0.780 bits per heavy atom. The van der Waals surface area contributed by atoms with E-state index in [1.165, 1.54) is 37.7 Å². The molecule has 0 aliphatic heterocycles. The van der Waals surface area contributed by atoms with Crippen molar-refractivity contribution in [1.82, 2.24) is 50.8 Å². The lowest BCUT2D eigenvalue weighted by Gasteiger charge is -2.39. The summed E-state index contributed by atoms with van der Waals surface area (Å²) in [5.74, 6) is -3.86. The van der Waals surface area contributed by atoms with E-state index < -0.39 is 136 Å². The molecule has 0 aliphatic carbocycles. The number of ketones is 5. The molecule has 2 aromatic carbocycles. The molecule has 0 bridgehead atoms. The number of rotatable bonds is 72. The highest BCUT2D eigenvalue weighted by Crippen LogP contribution is 2.37. The molecule has 0 radical (unpaired) electrons. The fraction of sp³-hybridized carbons (Fsp3) is 0.633. The van der Waals surface area contributed by atoms with Crippen LogP contribution in [0.5, 0.6) is 0 Å². The van der Waals surface area contributed by atoms with Crippen molar-refractivity contribution < 1.29 is 140 Å². The predicted octanol–water partition coefficient (Wildman–Crippen LogP) is 10.9. The number of hydrogen-bond acceptors (Lipinski definition) is 30. The summed E-state index contributed by atoms with van der Waals surface area (Å²) < 4.78 is 38.3. The molecule has 2 unspecified atom stereocenters. The van der Waals surface area contributed by atoms with E-state index in [-0.39, 0.29) is 232 Å². The highest BCUT2D eigenvalue weighted by molar-refractivity contribution is 7.10. The molecule has 0 fully saturated rings. The molecule has 2 heterocycles. The van der Waals surface area contributed by atoms with E-state index in [1.807, 2.05) is 116 Å². The molecule has 2 aromatic heterocycles. The first-order chi connectivity index (χ1) is 70.8. The Bertz CT molecular complexity index is 5140. The van der Waals surface area contributed by atoms with E-state index in [0.717, 1.165) is 33.8 Å². The van der Waals surface area contributed by atoms with Crippen LogP contribution in [-0.4, -0.2) is 305 Å². The Kier molecular flexibility index (Phi) is 61.9. The molecule has 4 aromatic rings. The van der Waals surface area contributed by atoms with Gasteiger partial charge in [0, 0.05) is 179 Å². The number of carboxylic acids is 3. The van der Waals surface area contributed by atoms with Gasteiger partial charge in [-0.2, -0.15) is 0 Å². The Hall–Kier alpha value is -12.0. The Balaban J connectivity index is 0.000000773. The molecule has 12 atom stereocenters. The second kappa shape index (κ2) is 70.2. The topological polar surface area (TPSA) is 540 Å². The molecular weight excluding hydrogens is 1980 g/mol. The number of aliphatic hydroxyl groups excluding tert-OH is 1. The zero-order valence-corrected chi connectivity index (χ0v) is 92.5. The minimum Gasteiger partial charge on any atom is -0.481 e. The van der Waals surface area contributed by atoms with Gasteiger partial charge in [0.15, 0.2) is 23.8 Å². The first kappa shape index (κ1) is 132. The van der Waals surface area contributed by atoms with E-state index in [2.05, 4.69) is 54.9 Å². The number of aromatic nitrogens is 2. The van der Waals surface area contributed by atoms with Crippen LogP contribution in [0.1, 0.15) is 281 Å². The summed E-state index contributed by atoms with van der Waals surface area (Å²) in [4.78, 5) is 246. The van der Waals surface area contributed by atoms with Crippen molar-refractivity contribution in [2.45, 2.75) is 287 Å². The van der Waals surface area contributed by atoms with Crippen LogP contribution in [0, 0.1) is 71.0 Å². The SMILES string of the molecule is CC[C@H](C)[C@H](CC(=O)C(C)(C)N(C)C(=O)CCOCCCC(=O)C#CC(=O)CCCOCCC(=O)NCCOCCO)C(=O)N(C)[C@H](C[C@@H](OC(C)=O)c1nc(C(=O)N[C@@H](Cc2ccccc2)CC(C)C(=O)O)cs1)C(C)C.CC[C@H](C)[C@H](CC(=O)C(C)(C)N(C)C(=O)CCOCCCC(=O)C#CC(=O)NCCOCCC(=O)O)C(=O)N(C)[C@H](C[C@@H](OC(C)=O)c1nc(C(=O)N[C@@H](Cc2ccccc2)CC(C)C(=O)O)cs1)C(C)C. The maximum Gasteiger partial charge on any atom is 0.306 e. The maximum absolute atomic E-state index is 14.6. The van der Waals surface area contributed by atoms with Gasteiger partial charge in [0.1, 0.15) is 21.4 Å².